The summed E-state index contributed by atoms with van der Waals surface area (Å²) in [5, 5.41) is 5.27. The van der Waals surface area contributed by atoms with Crippen LogP contribution in [0.1, 0.15) is 19.8 Å². The van der Waals surface area contributed by atoms with Gasteiger partial charge in [-0.3, -0.25) is 19.0 Å². The quantitative estimate of drug-likeness (QED) is 0.481. The van der Waals surface area contributed by atoms with Crippen molar-refractivity contribution in [3.63, 3.8) is 0 Å². The van der Waals surface area contributed by atoms with E-state index in [4.69, 9.17) is 0 Å². The van der Waals surface area contributed by atoms with Gasteiger partial charge in [-0.15, -0.1) is 11.3 Å². The molecule has 7 nitrogen and oxygen atoms in total. The monoisotopic (exact) mass is 428 g/mol. The van der Waals surface area contributed by atoms with Crippen LogP contribution in [0.3, 0.4) is 0 Å². The Morgan fingerprint density at radius 1 is 1.28 bits per heavy atom. The van der Waals surface area contributed by atoms with Crippen molar-refractivity contribution in [1.29, 1.82) is 0 Å². The first-order chi connectivity index (χ1) is 14.1. The second-order valence-corrected chi connectivity index (χ2v) is 8.44. The first kappa shape index (κ1) is 19.7. The molecule has 0 atom stereocenters. The molecule has 1 N–H and O–H groups in total. The van der Waals surface area contributed by atoms with E-state index in [0.717, 1.165) is 12.1 Å². The molecule has 1 aliphatic heterocycles. The van der Waals surface area contributed by atoms with Crippen molar-refractivity contribution in [3.05, 3.63) is 46.1 Å². The molecule has 0 unspecified atom stereocenters. The number of anilines is 2. The number of fused-ring (bicyclic) bond motifs is 1. The Bertz CT molecular complexity index is 1140. The maximum absolute atomic E-state index is 12.6. The minimum atomic E-state index is -0.212. The standard InChI is InChI=1S/C20H20N4O3S2/c1-2-23-19(27)18-14(9-11-28-18)22-20(23)29-12-16(25)21-13-6-3-4-7-15(13)24-10-5-8-17(24)26/h3-4,6-7,9,11H,2,5,8,10,12H2,1H3,(H,21,25). The Balaban J connectivity index is 1.50. The van der Waals surface area contributed by atoms with E-state index < -0.39 is 0 Å². The highest BCUT2D eigenvalue weighted by Crippen LogP contribution is 2.29. The molecule has 3 aromatic rings. The van der Waals surface area contributed by atoms with Crippen molar-refractivity contribution in [3.8, 4) is 0 Å². The fraction of sp³-hybridized carbons (Fsp3) is 0.300. The maximum atomic E-state index is 12.6. The number of nitrogens with zero attached hydrogens (tertiary/aromatic N) is 3. The number of hydrogen-bond acceptors (Lipinski definition) is 6. The number of benzene rings is 1. The smallest absolute Gasteiger partial charge is 0.272 e. The number of hydrogen-bond donors (Lipinski definition) is 1. The van der Waals surface area contributed by atoms with Crippen molar-refractivity contribution in [2.24, 2.45) is 0 Å². The number of para-hydroxylation sites is 2. The van der Waals surface area contributed by atoms with Crippen LogP contribution in [0.15, 0.2) is 45.7 Å². The molecular formula is C20H20N4O3S2. The summed E-state index contributed by atoms with van der Waals surface area (Å²) in [6.45, 7) is 3.04. The lowest BCUT2D eigenvalue weighted by Gasteiger charge is -2.20. The first-order valence-corrected chi connectivity index (χ1v) is 11.2. The zero-order valence-electron chi connectivity index (χ0n) is 15.9. The molecule has 3 heterocycles. The second-order valence-electron chi connectivity index (χ2n) is 6.58. The third-order valence-corrected chi connectivity index (χ3v) is 6.59. The number of carbonyl (C=O) groups is 2. The Morgan fingerprint density at radius 3 is 2.86 bits per heavy atom. The van der Waals surface area contributed by atoms with E-state index in [1.807, 2.05) is 36.6 Å². The van der Waals surface area contributed by atoms with Gasteiger partial charge in [0.15, 0.2) is 5.16 Å². The Morgan fingerprint density at radius 2 is 2.10 bits per heavy atom. The van der Waals surface area contributed by atoms with Gasteiger partial charge in [-0.05, 0) is 36.9 Å². The molecule has 1 aliphatic rings. The highest BCUT2D eigenvalue weighted by atomic mass is 32.2. The van der Waals surface area contributed by atoms with Crippen LogP contribution in [-0.2, 0) is 16.1 Å². The van der Waals surface area contributed by atoms with E-state index in [9.17, 15) is 14.4 Å². The van der Waals surface area contributed by atoms with Crippen LogP contribution in [0.5, 0.6) is 0 Å². The van der Waals surface area contributed by atoms with Gasteiger partial charge in [0.2, 0.25) is 11.8 Å². The largest absolute Gasteiger partial charge is 0.324 e. The van der Waals surface area contributed by atoms with Crippen molar-refractivity contribution in [2.75, 3.05) is 22.5 Å². The number of nitrogens with one attached hydrogen (secondary N) is 1. The van der Waals surface area contributed by atoms with Gasteiger partial charge in [-0.25, -0.2) is 4.98 Å². The minimum Gasteiger partial charge on any atom is -0.324 e. The van der Waals surface area contributed by atoms with Crippen LogP contribution in [-0.4, -0.2) is 33.7 Å². The van der Waals surface area contributed by atoms with E-state index in [0.29, 0.717) is 40.6 Å². The molecule has 0 saturated carbocycles. The van der Waals surface area contributed by atoms with Crippen LogP contribution in [0.25, 0.3) is 10.2 Å². The molecule has 0 radical (unpaired) electrons. The van der Waals surface area contributed by atoms with Gasteiger partial charge in [0.1, 0.15) is 4.70 Å². The van der Waals surface area contributed by atoms with Gasteiger partial charge in [0.05, 0.1) is 22.6 Å². The topological polar surface area (TPSA) is 84.3 Å². The summed E-state index contributed by atoms with van der Waals surface area (Å²) in [6.07, 6.45) is 1.35. The molecule has 4 rings (SSSR count). The molecule has 1 fully saturated rings. The van der Waals surface area contributed by atoms with Gasteiger partial charge >= 0.3 is 0 Å². The van der Waals surface area contributed by atoms with E-state index >= 15 is 0 Å². The van der Waals surface area contributed by atoms with Crippen LogP contribution >= 0.6 is 23.1 Å². The lowest BCUT2D eigenvalue weighted by atomic mass is 10.2. The minimum absolute atomic E-state index is 0.0707. The molecule has 150 valence electrons. The van der Waals surface area contributed by atoms with Gasteiger partial charge in [0.25, 0.3) is 5.56 Å². The number of carbonyl (C=O) groups excluding carboxylic acids is 2. The summed E-state index contributed by atoms with van der Waals surface area (Å²) in [4.78, 5) is 43.5. The van der Waals surface area contributed by atoms with E-state index in [1.54, 1.807) is 15.5 Å². The third-order valence-electron chi connectivity index (χ3n) is 4.72. The zero-order valence-corrected chi connectivity index (χ0v) is 17.5. The highest BCUT2D eigenvalue weighted by molar-refractivity contribution is 7.99. The SMILES string of the molecule is CCn1c(SCC(=O)Nc2ccccc2N2CCCC2=O)nc2ccsc2c1=O. The number of amides is 2. The summed E-state index contributed by atoms with van der Waals surface area (Å²) < 4.78 is 2.22. The first-order valence-electron chi connectivity index (χ1n) is 9.38. The van der Waals surface area contributed by atoms with Crippen molar-refractivity contribution >= 4 is 56.5 Å². The summed E-state index contributed by atoms with van der Waals surface area (Å²) in [7, 11) is 0. The zero-order chi connectivity index (χ0) is 20.4. The molecule has 2 aromatic heterocycles. The molecule has 1 aromatic carbocycles. The van der Waals surface area contributed by atoms with Gasteiger partial charge in [0, 0.05) is 19.5 Å². The highest BCUT2D eigenvalue weighted by Gasteiger charge is 2.24. The van der Waals surface area contributed by atoms with Crippen molar-refractivity contribution < 1.29 is 9.59 Å². The van der Waals surface area contributed by atoms with Crippen LogP contribution in [0.2, 0.25) is 0 Å². The fourth-order valence-corrected chi connectivity index (χ4v) is 4.99. The van der Waals surface area contributed by atoms with Crippen LogP contribution < -0.4 is 15.8 Å². The molecule has 9 heteroatoms. The maximum Gasteiger partial charge on any atom is 0.272 e. The van der Waals surface area contributed by atoms with Crippen molar-refractivity contribution in [2.45, 2.75) is 31.5 Å². The summed E-state index contributed by atoms with van der Waals surface area (Å²) in [6, 6.07) is 9.13. The van der Waals surface area contributed by atoms with E-state index in [-0.39, 0.29) is 23.1 Å². The summed E-state index contributed by atoms with van der Waals surface area (Å²) >= 11 is 2.61. The second kappa shape index (κ2) is 8.38. The summed E-state index contributed by atoms with van der Waals surface area (Å²) in [5.41, 5.74) is 1.91. The van der Waals surface area contributed by atoms with Gasteiger partial charge in [-0.2, -0.15) is 0 Å². The lowest BCUT2D eigenvalue weighted by Crippen LogP contribution is -2.26. The van der Waals surface area contributed by atoms with Crippen LogP contribution in [0, 0.1) is 0 Å². The Hall–Kier alpha value is -2.65. The van der Waals surface area contributed by atoms with Crippen molar-refractivity contribution in [1.82, 2.24) is 9.55 Å². The molecule has 29 heavy (non-hydrogen) atoms. The fourth-order valence-electron chi connectivity index (χ4n) is 3.35. The average molecular weight is 429 g/mol. The predicted octanol–water partition coefficient (Wildman–Crippen LogP) is 3.34. The lowest BCUT2D eigenvalue weighted by molar-refractivity contribution is -0.117. The van der Waals surface area contributed by atoms with Gasteiger partial charge in [-0.1, -0.05) is 23.9 Å². The Labute approximate surface area is 175 Å². The number of thiophene rings is 1. The molecular weight excluding hydrogens is 408 g/mol. The number of aromatic nitrogens is 2. The molecule has 1 saturated heterocycles. The van der Waals surface area contributed by atoms with E-state index in [2.05, 4.69) is 10.3 Å². The van der Waals surface area contributed by atoms with Gasteiger partial charge < -0.3 is 10.2 Å². The Kier molecular flexibility index (Phi) is 5.68. The number of thioether (sulfide) groups is 1. The predicted molar refractivity (Wildman–Crippen MR) is 117 cm³/mol. The molecule has 0 bridgehead atoms. The normalized spacial score (nSPS) is 14.0. The molecule has 0 aliphatic carbocycles. The average Bonchev–Trinajstić information content (AvgIpc) is 3.36. The van der Waals surface area contributed by atoms with E-state index in [1.165, 1.54) is 23.1 Å². The molecule has 2 amide bonds. The molecule has 0 spiro atoms. The third kappa shape index (κ3) is 3.92. The van der Waals surface area contributed by atoms with Crippen LogP contribution in [0.4, 0.5) is 11.4 Å². The summed E-state index contributed by atoms with van der Waals surface area (Å²) in [5.74, 6) is -0.0256. The number of rotatable bonds is 6.